The monoisotopic (exact) mass is 251 g/mol. The molecule has 1 N–H and O–H groups in total. The number of hydrogen-bond acceptors (Lipinski definition) is 2. The van der Waals surface area contributed by atoms with Gasteiger partial charge >= 0.3 is 0 Å². The minimum absolute atomic E-state index is 1.00. The molecule has 0 aromatic carbocycles. The van der Waals surface area contributed by atoms with Gasteiger partial charge in [-0.2, -0.15) is 0 Å². The molecule has 1 rings (SSSR count). The lowest BCUT2D eigenvalue weighted by atomic mass is 10.1. The zero-order valence-electron chi connectivity index (χ0n) is 11.9. The van der Waals surface area contributed by atoms with Gasteiger partial charge in [0.15, 0.2) is 0 Å². The predicted octanol–water partition coefficient (Wildman–Crippen LogP) is 4.55. The minimum atomic E-state index is 1.00. The summed E-state index contributed by atoms with van der Waals surface area (Å²) in [6, 6.07) is 3.99. The van der Waals surface area contributed by atoms with Gasteiger partial charge in [0.05, 0.1) is 6.26 Å². The average molecular weight is 251 g/mol. The molecule has 0 atom stereocenters. The van der Waals surface area contributed by atoms with Crippen molar-refractivity contribution in [2.45, 2.75) is 64.7 Å². The highest BCUT2D eigenvalue weighted by Crippen LogP contribution is 2.07. The van der Waals surface area contributed by atoms with Gasteiger partial charge in [-0.25, -0.2) is 0 Å². The second kappa shape index (κ2) is 11.3. The van der Waals surface area contributed by atoms with Crippen molar-refractivity contribution in [3.8, 4) is 0 Å². The maximum absolute atomic E-state index is 5.29. The van der Waals surface area contributed by atoms with Gasteiger partial charge in [0.25, 0.3) is 0 Å². The molecule has 2 heteroatoms. The summed E-state index contributed by atoms with van der Waals surface area (Å²) in [5.74, 6) is 1.08. The van der Waals surface area contributed by atoms with Gasteiger partial charge in [0, 0.05) is 13.0 Å². The first kappa shape index (κ1) is 15.3. The molecule has 0 aliphatic rings. The summed E-state index contributed by atoms with van der Waals surface area (Å²) < 4.78 is 5.29. The Kier molecular flexibility index (Phi) is 9.64. The lowest BCUT2D eigenvalue weighted by Crippen LogP contribution is -2.18. The molecule has 0 aliphatic heterocycles. The molecule has 0 aliphatic carbocycles. The van der Waals surface area contributed by atoms with E-state index >= 15 is 0 Å². The molecule has 2 nitrogen and oxygen atoms in total. The summed E-state index contributed by atoms with van der Waals surface area (Å²) in [6.45, 7) is 4.45. The van der Waals surface area contributed by atoms with Gasteiger partial charge in [0.1, 0.15) is 5.76 Å². The molecule has 1 heterocycles. The third kappa shape index (κ3) is 8.35. The number of hydrogen-bond donors (Lipinski definition) is 1. The van der Waals surface area contributed by atoms with E-state index in [0.29, 0.717) is 0 Å². The summed E-state index contributed by atoms with van der Waals surface area (Å²) >= 11 is 0. The summed E-state index contributed by atoms with van der Waals surface area (Å²) in [7, 11) is 0. The highest BCUT2D eigenvalue weighted by molar-refractivity contribution is 4.98. The Bertz CT molecular complexity index is 256. The Hall–Kier alpha value is -0.760. The first-order valence-corrected chi connectivity index (χ1v) is 7.66. The van der Waals surface area contributed by atoms with Crippen LogP contribution < -0.4 is 5.32 Å². The number of unbranched alkanes of at least 4 members (excludes halogenated alkanes) is 7. The van der Waals surface area contributed by atoms with Crippen molar-refractivity contribution in [2.24, 2.45) is 0 Å². The Labute approximate surface area is 112 Å². The molecule has 0 radical (unpaired) electrons. The SMILES string of the molecule is CCCCCCCCCCNCCc1ccco1. The van der Waals surface area contributed by atoms with Crippen molar-refractivity contribution in [3.63, 3.8) is 0 Å². The van der Waals surface area contributed by atoms with Gasteiger partial charge in [-0.05, 0) is 25.1 Å². The fraction of sp³-hybridized carbons (Fsp3) is 0.750. The first-order valence-electron chi connectivity index (χ1n) is 7.66. The Morgan fingerprint density at radius 2 is 1.67 bits per heavy atom. The second-order valence-electron chi connectivity index (χ2n) is 5.05. The van der Waals surface area contributed by atoms with Crippen LogP contribution in [0.4, 0.5) is 0 Å². The van der Waals surface area contributed by atoms with Crippen LogP contribution in [0, 0.1) is 0 Å². The molecular weight excluding hydrogens is 222 g/mol. The average Bonchev–Trinajstić information content (AvgIpc) is 2.89. The molecular formula is C16H29NO. The highest BCUT2D eigenvalue weighted by Gasteiger charge is 1.95. The van der Waals surface area contributed by atoms with E-state index < -0.39 is 0 Å². The van der Waals surface area contributed by atoms with Gasteiger partial charge in [-0.15, -0.1) is 0 Å². The molecule has 0 saturated heterocycles. The number of nitrogens with one attached hydrogen (secondary N) is 1. The van der Waals surface area contributed by atoms with Gasteiger partial charge in [-0.1, -0.05) is 51.9 Å². The van der Waals surface area contributed by atoms with Crippen LogP contribution in [-0.4, -0.2) is 13.1 Å². The molecule has 1 aromatic heterocycles. The van der Waals surface area contributed by atoms with Crippen LogP contribution >= 0.6 is 0 Å². The summed E-state index contributed by atoms with van der Waals surface area (Å²) in [6.07, 6.45) is 13.9. The van der Waals surface area contributed by atoms with Crippen LogP contribution in [0.5, 0.6) is 0 Å². The van der Waals surface area contributed by atoms with Gasteiger partial charge in [-0.3, -0.25) is 0 Å². The van der Waals surface area contributed by atoms with Crippen LogP contribution in [0.2, 0.25) is 0 Å². The third-order valence-corrected chi connectivity index (χ3v) is 3.34. The van der Waals surface area contributed by atoms with Crippen molar-refractivity contribution in [1.82, 2.24) is 5.32 Å². The molecule has 0 bridgehead atoms. The fourth-order valence-corrected chi connectivity index (χ4v) is 2.18. The molecule has 0 fully saturated rings. The van der Waals surface area contributed by atoms with Crippen LogP contribution in [0.3, 0.4) is 0 Å². The topological polar surface area (TPSA) is 25.2 Å². The zero-order valence-corrected chi connectivity index (χ0v) is 11.9. The molecule has 1 aromatic rings. The summed E-state index contributed by atoms with van der Waals surface area (Å²) in [4.78, 5) is 0. The van der Waals surface area contributed by atoms with E-state index in [0.717, 1.165) is 25.3 Å². The molecule has 18 heavy (non-hydrogen) atoms. The van der Waals surface area contributed by atoms with Crippen LogP contribution in [0.25, 0.3) is 0 Å². The van der Waals surface area contributed by atoms with E-state index in [9.17, 15) is 0 Å². The van der Waals surface area contributed by atoms with E-state index in [4.69, 9.17) is 4.42 Å². The third-order valence-electron chi connectivity index (χ3n) is 3.34. The maximum atomic E-state index is 5.29. The standard InChI is InChI=1S/C16H29NO/c1-2-3-4-5-6-7-8-9-13-17-14-12-16-11-10-15-18-16/h10-11,15,17H,2-9,12-14H2,1H3. The smallest absolute Gasteiger partial charge is 0.105 e. The van der Waals surface area contributed by atoms with Crippen LogP contribution in [0.15, 0.2) is 22.8 Å². The first-order chi connectivity index (χ1) is 8.93. The summed E-state index contributed by atoms with van der Waals surface area (Å²) in [5.41, 5.74) is 0. The lowest BCUT2D eigenvalue weighted by molar-refractivity contribution is 0.494. The highest BCUT2D eigenvalue weighted by atomic mass is 16.3. The Morgan fingerprint density at radius 1 is 0.944 bits per heavy atom. The summed E-state index contributed by atoms with van der Waals surface area (Å²) in [5, 5.41) is 3.47. The fourth-order valence-electron chi connectivity index (χ4n) is 2.18. The Morgan fingerprint density at radius 3 is 2.33 bits per heavy atom. The van der Waals surface area contributed by atoms with Crippen molar-refractivity contribution < 1.29 is 4.42 Å². The molecule has 0 amide bonds. The predicted molar refractivity (Wildman–Crippen MR) is 77.9 cm³/mol. The number of rotatable bonds is 12. The zero-order chi connectivity index (χ0) is 12.9. The van der Waals surface area contributed by atoms with Crippen molar-refractivity contribution in [3.05, 3.63) is 24.2 Å². The van der Waals surface area contributed by atoms with E-state index in [1.165, 1.54) is 51.4 Å². The van der Waals surface area contributed by atoms with E-state index in [2.05, 4.69) is 12.2 Å². The van der Waals surface area contributed by atoms with E-state index in [-0.39, 0.29) is 0 Å². The molecule has 0 spiro atoms. The van der Waals surface area contributed by atoms with Gasteiger partial charge < -0.3 is 9.73 Å². The largest absolute Gasteiger partial charge is 0.469 e. The number of furan rings is 1. The van der Waals surface area contributed by atoms with E-state index in [1.54, 1.807) is 6.26 Å². The maximum Gasteiger partial charge on any atom is 0.105 e. The van der Waals surface area contributed by atoms with E-state index in [1.807, 2.05) is 12.1 Å². The normalized spacial score (nSPS) is 10.9. The quantitative estimate of drug-likeness (QED) is 0.551. The second-order valence-corrected chi connectivity index (χ2v) is 5.05. The Balaban J connectivity index is 1.73. The van der Waals surface area contributed by atoms with Crippen molar-refractivity contribution in [2.75, 3.05) is 13.1 Å². The van der Waals surface area contributed by atoms with Crippen LogP contribution in [0.1, 0.15) is 64.1 Å². The van der Waals surface area contributed by atoms with Crippen molar-refractivity contribution in [1.29, 1.82) is 0 Å². The minimum Gasteiger partial charge on any atom is -0.469 e. The molecule has 0 unspecified atom stereocenters. The molecule has 104 valence electrons. The molecule has 0 saturated carbocycles. The van der Waals surface area contributed by atoms with Crippen molar-refractivity contribution >= 4 is 0 Å². The van der Waals surface area contributed by atoms with Crippen LogP contribution in [-0.2, 0) is 6.42 Å². The van der Waals surface area contributed by atoms with Gasteiger partial charge in [0.2, 0.25) is 0 Å². The lowest BCUT2D eigenvalue weighted by Gasteiger charge is -2.04.